The zero-order chi connectivity index (χ0) is 7.84. The van der Waals surface area contributed by atoms with Gasteiger partial charge in [0.05, 0.1) is 12.0 Å². The molecule has 3 nitrogen and oxygen atoms in total. The normalized spacial score (nSPS) is 23.3. The first-order chi connectivity index (χ1) is 5.27. The van der Waals surface area contributed by atoms with Gasteiger partial charge in [0.25, 0.3) is 0 Å². The molecule has 0 aromatic carbocycles. The average Bonchev–Trinajstić information content (AvgIpc) is 2.33. The van der Waals surface area contributed by atoms with Gasteiger partial charge in [-0.05, 0) is 13.3 Å². The van der Waals surface area contributed by atoms with Crippen molar-refractivity contribution < 1.29 is 0 Å². The molecule has 0 bridgehead atoms. The summed E-state index contributed by atoms with van der Waals surface area (Å²) >= 11 is 0. The van der Waals surface area contributed by atoms with Crippen LogP contribution >= 0.6 is 0 Å². The van der Waals surface area contributed by atoms with Crippen LogP contribution < -0.4 is 5.73 Å². The standard InChI is InChI=1S/C8H13N3/c1-6-8-4-7(9)2-3-11(8)5-10-6/h5,7H,2-4,9H2,1H3. The van der Waals surface area contributed by atoms with E-state index in [0.29, 0.717) is 6.04 Å². The molecule has 3 heteroatoms. The van der Waals surface area contributed by atoms with Crippen molar-refractivity contribution in [1.29, 1.82) is 0 Å². The molecule has 0 saturated heterocycles. The van der Waals surface area contributed by atoms with E-state index in [0.717, 1.165) is 25.1 Å². The van der Waals surface area contributed by atoms with Gasteiger partial charge in [0.15, 0.2) is 0 Å². The summed E-state index contributed by atoms with van der Waals surface area (Å²) in [6.07, 6.45) is 3.99. The Morgan fingerprint density at radius 2 is 2.55 bits per heavy atom. The van der Waals surface area contributed by atoms with E-state index in [4.69, 9.17) is 5.73 Å². The number of aryl methyl sites for hydroxylation is 2. The number of nitrogens with two attached hydrogens (primary N) is 1. The molecule has 1 aliphatic heterocycles. The average molecular weight is 151 g/mol. The van der Waals surface area contributed by atoms with Crippen LogP contribution in [0.25, 0.3) is 0 Å². The van der Waals surface area contributed by atoms with E-state index in [2.05, 4.69) is 9.55 Å². The molecule has 1 aromatic heterocycles. The summed E-state index contributed by atoms with van der Waals surface area (Å²) in [4.78, 5) is 4.24. The molecule has 1 aliphatic rings. The molecule has 2 N–H and O–H groups in total. The topological polar surface area (TPSA) is 43.8 Å². The summed E-state index contributed by atoms with van der Waals surface area (Å²) in [7, 11) is 0. The van der Waals surface area contributed by atoms with Crippen LogP contribution in [0.15, 0.2) is 6.33 Å². The highest BCUT2D eigenvalue weighted by molar-refractivity contribution is 5.14. The summed E-state index contributed by atoms with van der Waals surface area (Å²) in [5.74, 6) is 0. The third-order valence-electron chi connectivity index (χ3n) is 2.35. The maximum absolute atomic E-state index is 5.84. The van der Waals surface area contributed by atoms with E-state index in [1.165, 1.54) is 5.69 Å². The van der Waals surface area contributed by atoms with Crippen LogP contribution in [-0.2, 0) is 13.0 Å². The lowest BCUT2D eigenvalue weighted by Gasteiger charge is -2.20. The van der Waals surface area contributed by atoms with Gasteiger partial charge in [-0.2, -0.15) is 0 Å². The van der Waals surface area contributed by atoms with Crippen molar-refractivity contribution in [3.63, 3.8) is 0 Å². The largest absolute Gasteiger partial charge is 0.334 e. The molecule has 1 unspecified atom stereocenters. The first kappa shape index (κ1) is 6.85. The zero-order valence-electron chi connectivity index (χ0n) is 6.75. The van der Waals surface area contributed by atoms with Crippen molar-refractivity contribution in [3.05, 3.63) is 17.7 Å². The van der Waals surface area contributed by atoms with Crippen LogP contribution in [0.3, 0.4) is 0 Å². The molecule has 0 radical (unpaired) electrons. The van der Waals surface area contributed by atoms with Gasteiger partial charge in [0, 0.05) is 24.7 Å². The van der Waals surface area contributed by atoms with Crippen molar-refractivity contribution in [2.75, 3.05) is 0 Å². The Balaban J connectivity index is 2.37. The molecule has 0 fully saturated rings. The summed E-state index contributed by atoms with van der Waals surface area (Å²) in [5, 5.41) is 0. The highest BCUT2D eigenvalue weighted by Gasteiger charge is 2.16. The monoisotopic (exact) mass is 151 g/mol. The Hall–Kier alpha value is -0.830. The maximum Gasteiger partial charge on any atom is 0.0951 e. The number of hydrogen-bond acceptors (Lipinski definition) is 2. The number of imidazole rings is 1. The van der Waals surface area contributed by atoms with Gasteiger partial charge in [-0.15, -0.1) is 0 Å². The predicted molar refractivity (Wildman–Crippen MR) is 43.3 cm³/mol. The second kappa shape index (κ2) is 2.34. The van der Waals surface area contributed by atoms with Gasteiger partial charge in [0.1, 0.15) is 0 Å². The molecular weight excluding hydrogens is 138 g/mol. The minimum Gasteiger partial charge on any atom is -0.334 e. The van der Waals surface area contributed by atoms with Crippen LogP contribution in [0.2, 0.25) is 0 Å². The number of hydrogen-bond donors (Lipinski definition) is 1. The first-order valence-corrected chi connectivity index (χ1v) is 4.03. The first-order valence-electron chi connectivity index (χ1n) is 4.03. The van der Waals surface area contributed by atoms with Gasteiger partial charge >= 0.3 is 0 Å². The fourth-order valence-electron chi connectivity index (χ4n) is 1.62. The smallest absolute Gasteiger partial charge is 0.0951 e. The van der Waals surface area contributed by atoms with Gasteiger partial charge in [-0.3, -0.25) is 0 Å². The molecular formula is C8H13N3. The van der Waals surface area contributed by atoms with Crippen molar-refractivity contribution in [2.24, 2.45) is 5.73 Å². The van der Waals surface area contributed by atoms with Crippen molar-refractivity contribution in [2.45, 2.75) is 32.4 Å². The van der Waals surface area contributed by atoms with E-state index in [9.17, 15) is 0 Å². The van der Waals surface area contributed by atoms with Crippen LogP contribution in [0, 0.1) is 6.92 Å². The van der Waals surface area contributed by atoms with Crippen molar-refractivity contribution in [1.82, 2.24) is 9.55 Å². The van der Waals surface area contributed by atoms with Gasteiger partial charge in [-0.25, -0.2) is 4.98 Å². The maximum atomic E-state index is 5.84. The Bertz CT molecular complexity index is 264. The minimum atomic E-state index is 0.345. The molecule has 0 spiro atoms. The molecule has 0 amide bonds. The van der Waals surface area contributed by atoms with Gasteiger partial charge < -0.3 is 10.3 Å². The third kappa shape index (κ3) is 1.05. The Labute approximate surface area is 66.2 Å². The number of fused-ring (bicyclic) bond motifs is 1. The second-order valence-electron chi connectivity index (χ2n) is 3.22. The van der Waals surface area contributed by atoms with E-state index >= 15 is 0 Å². The van der Waals surface area contributed by atoms with E-state index in [1.54, 1.807) is 0 Å². The fourth-order valence-corrected chi connectivity index (χ4v) is 1.62. The lowest BCUT2D eigenvalue weighted by Crippen LogP contribution is -2.30. The molecule has 11 heavy (non-hydrogen) atoms. The van der Waals surface area contributed by atoms with Gasteiger partial charge in [-0.1, -0.05) is 0 Å². The Morgan fingerprint density at radius 3 is 3.36 bits per heavy atom. The number of aromatic nitrogens is 2. The predicted octanol–water partition coefficient (Wildman–Crippen LogP) is 0.465. The molecule has 0 saturated carbocycles. The summed E-state index contributed by atoms with van der Waals surface area (Å²) in [6, 6.07) is 0.345. The molecule has 60 valence electrons. The van der Waals surface area contributed by atoms with E-state index < -0.39 is 0 Å². The molecule has 1 atom stereocenters. The highest BCUT2D eigenvalue weighted by Crippen LogP contribution is 2.15. The van der Waals surface area contributed by atoms with E-state index in [1.807, 2.05) is 13.3 Å². The third-order valence-corrected chi connectivity index (χ3v) is 2.35. The van der Waals surface area contributed by atoms with Crippen LogP contribution in [-0.4, -0.2) is 15.6 Å². The van der Waals surface area contributed by atoms with Crippen LogP contribution in [0.5, 0.6) is 0 Å². The van der Waals surface area contributed by atoms with Crippen molar-refractivity contribution in [3.8, 4) is 0 Å². The van der Waals surface area contributed by atoms with Crippen molar-refractivity contribution >= 4 is 0 Å². The SMILES string of the molecule is Cc1ncn2c1CC(N)CC2. The molecule has 2 heterocycles. The lowest BCUT2D eigenvalue weighted by atomic mass is 10.0. The Kier molecular flexibility index (Phi) is 1.46. The summed E-state index contributed by atoms with van der Waals surface area (Å²) < 4.78 is 2.21. The fraction of sp³-hybridized carbons (Fsp3) is 0.625. The highest BCUT2D eigenvalue weighted by atomic mass is 15.1. The summed E-state index contributed by atoms with van der Waals surface area (Å²) in [5.41, 5.74) is 8.30. The zero-order valence-corrected chi connectivity index (χ0v) is 6.75. The lowest BCUT2D eigenvalue weighted by molar-refractivity contribution is 0.470. The van der Waals surface area contributed by atoms with Crippen LogP contribution in [0.4, 0.5) is 0 Å². The van der Waals surface area contributed by atoms with Crippen LogP contribution in [0.1, 0.15) is 17.8 Å². The molecule has 2 rings (SSSR count). The minimum absolute atomic E-state index is 0.345. The quantitative estimate of drug-likeness (QED) is 0.585. The second-order valence-corrected chi connectivity index (χ2v) is 3.22. The molecule has 0 aliphatic carbocycles. The van der Waals surface area contributed by atoms with Gasteiger partial charge in [0.2, 0.25) is 0 Å². The summed E-state index contributed by atoms with van der Waals surface area (Å²) in [6.45, 7) is 3.08. The number of nitrogens with zero attached hydrogens (tertiary/aromatic N) is 2. The molecule has 1 aromatic rings. The van der Waals surface area contributed by atoms with E-state index in [-0.39, 0.29) is 0 Å². The number of rotatable bonds is 0. The Morgan fingerprint density at radius 1 is 1.73 bits per heavy atom.